The number of aromatic nitrogens is 1. The molecule has 1 aromatic rings. The van der Waals surface area contributed by atoms with Gasteiger partial charge >= 0.3 is 0 Å². The molecule has 4 heteroatoms. The smallest absolute Gasteiger partial charge is 0.0951 e. The maximum atomic E-state index is 6.05. The van der Waals surface area contributed by atoms with Crippen molar-refractivity contribution in [3.8, 4) is 0 Å². The Morgan fingerprint density at radius 2 is 2.05 bits per heavy atom. The van der Waals surface area contributed by atoms with Crippen LogP contribution in [0.2, 0.25) is 0 Å². The van der Waals surface area contributed by atoms with E-state index in [-0.39, 0.29) is 0 Å². The number of piperazine rings is 1. The van der Waals surface area contributed by atoms with E-state index in [9.17, 15) is 0 Å². The Morgan fingerprint density at radius 1 is 1.32 bits per heavy atom. The molecule has 2 aliphatic rings. The number of likely N-dealkylation sites (tertiary alicyclic amines) is 1. The molecule has 0 saturated carbocycles. The van der Waals surface area contributed by atoms with Crippen LogP contribution in [-0.4, -0.2) is 46.2 Å². The van der Waals surface area contributed by atoms with E-state index in [1.165, 1.54) is 12.8 Å². The number of hydroxylamine groups is 2. The van der Waals surface area contributed by atoms with Crippen LogP contribution in [0, 0.1) is 0 Å². The summed E-state index contributed by atoms with van der Waals surface area (Å²) in [6.07, 6.45) is 6.21. The first-order valence-electron chi connectivity index (χ1n) is 7.28. The fraction of sp³-hybridized carbons (Fsp3) is 0.667. The Balaban J connectivity index is 1.58. The summed E-state index contributed by atoms with van der Waals surface area (Å²) >= 11 is 0. The van der Waals surface area contributed by atoms with Gasteiger partial charge in [0.1, 0.15) is 0 Å². The number of rotatable bonds is 4. The van der Waals surface area contributed by atoms with E-state index in [1.807, 2.05) is 12.3 Å². The van der Waals surface area contributed by atoms with Crippen LogP contribution in [0.3, 0.4) is 0 Å². The van der Waals surface area contributed by atoms with Crippen molar-refractivity contribution in [3.63, 3.8) is 0 Å². The summed E-state index contributed by atoms with van der Waals surface area (Å²) < 4.78 is 0. The monoisotopic (exact) mass is 261 g/mol. The molecule has 2 saturated heterocycles. The molecule has 3 heterocycles. The molecular formula is C15H23N3O. The molecule has 2 fully saturated rings. The van der Waals surface area contributed by atoms with Crippen LogP contribution in [-0.2, 0) is 11.4 Å². The number of hydrogen-bond donors (Lipinski definition) is 0. The van der Waals surface area contributed by atoms with Gasteiger partial charge in [-0.05, 0) is 38.3 Å². The molecule has 0 N–H and O–H groups in total. The van der Waals surface area contributed by atoms with E-state index in [0.29, 0.717) is 24.7 Å². The number of nitrogens with zero attached hydrogens (tertiary/aromatic N) is 3. The second-order valence-corrected chi connectivity index (χ2v) is 5.93. The van der Waals surface area contributed by atoms with E-state index in [0.717, 1.165) is 18.7 Å². The molecule has 2 atom stereocenters. The third-order valence-electron chi connectivity index (χ3n) is 4.28. The van der Waals surface area contributed by atoms with Crippen LogP contribution in [0.4, 0.5) is 0 Å². The molecule has 1 aromatic heterocycles. The zero-order valence-electron chi connectivity index (χ0n) is 11.8. The topological polar surface area (TPSA) is 28.6 Å². The minimum Gasteiger partial charge on any atom is -0.298 e. The van der Waals surface area contributed by atoms with Crippen molar-refractivity contribution in [2.24, 2.45) is 0 Å². The molecule has 2 aliphatic heterocycles. The fourth-order valence-corrected chi connectivity index (χ4v) is 3.16. The predicted molar refractivity (Wildman–Crippen MR) is 74.4 cm³/mol. The van der Waals surface area contributed by atoms with Gasteiger partial charge in [-0.3, -0.25) is 14.7 Å². The van der Waals surface area contributed by atoms with Gasteiger partial charge in [0.15, 0.2) is 0 Å². The first-order valence-corrected chi connectivity index (χ1v) is 7.28. The summed E-state index contributed by atoms with van der Waals surface area (Å²) in [4.78, 5) is 12.8. The Hall–Kier alpha value is -0.970. The van der Waals surface area contributed by atoms with Crippen molar-refractivity contribution < 1.29 is 4.84 Å². The fourth-order valence-electron chi connectivity index (χ4n) is 3.16. The number of pyridine rings is 1. The van der Waals surface area contributed by atoms with Crippen LogP contribution < -0.4 is 0 Å². The van der Waals surface area contributed by atoms with Crippen LogP contribution in [0.15, 0.2) is 24.5 Å². The Kier molecular flexibility index (Phi) is 3.82. The van der Waals surface area contributed by atoms with Crippen molar-refractivity contribution in [1.29, 1.82) is 0 Å². The van der Waals surface area contributed by atoms with Gasteiger partial charge in [0, 0.05) is 43.6 Å². The van der Waals surface area contributed by atoms with Crippen LogP contribution in [0.25, 0.3) is 0 Å². The second kappa shape index (κ2) is 5.57. The first kappa shape index (κ1) is 13.0. The van der Waals surface area contributed by atoms with Gasteiger partial charge in [0.25, 0.3) is 0 Å². The van der Waals surface area contributed by atoms with E-state index in [4.69, 9.17) is 4.84 Å². The number of hydrogen-bond acceptors (Lipinski definition) is 4. The average molecular weight is 261 g/mol. The Bertz CT molecular complexity index is 395. The predicted octanol–water partition coefficient (Wildman–Crippen LogP) is 2.07. The SMILES string of the molecule is CC(C)N1C[C@H]2CC[C@@H](C1)N2OCc1cccnc1. The molecule has 0 aromatic carbocycles. The quantitative estimate of drug-likeness (QED) is 0.829. The second-order valence-electron chi connectivity index (χ2n) is 5.93. The Morgan fingerprint density at radius 3 is 2.63 bits per heavy atom. The van der Waals surface area contributed by atoms with Gasteiger partial charge in [-0.25, -0.2) is 0 Å². The zero-order valence-corrected chi connectivity index (χ0v) is 11.8. The highest BCUT2D eigenvalue weighted by Crippen LogP contribution is 2.31. The van der Waals surface area contributed by atoms with Crippen molar-refractivity contribution >= 4 is 0 Å². The van der Waals surface area contributed by atoms with Gasteiger partial charge in [0.05, 0.1) is 6.61 Å². The molecule has 0 aliphatic carbocycles. The maximum absolute atomic E-state index is 6.05. The average Bonchev–Trinajstić information content (AvgIpc) is 2.66. The molecule has 4 nitrogen and oxygen atoms in total. The molecule has 0 amide bonds. The van der Waals surface area contributed by atoms with Crippen molar-refractivity contribution in [2.75, 3.05) is 13.1 Å². The minimum absolute atomic E-state index is 0.567. The molecule has 0 radical (unpaired) electrons. The molecular weight excluding hydrogens is 238 g/mol. The molecule has 0 spiro atoms. The van der Waals surface area contributed by atoms with Crippen molar-refractivity contribution in [3.05, 3.63) is 30.1 Å². The summed E-state index contributed by atoms with van der Waals surface area (Å²) in [5.41, 5.74) is 1.15. The molecule has 19 heavy (non-hydrogen) atoms. The largest absolute Gasteiger partial charge is 0.298 e. The summed E-state index contributed by atoms with van der Waals surface area (Å²) in [5.74, 6) is 0. The van der Waals surface area contributed by atoms with Gasteiger partial charge in [0.2, 0.25) is 0 Å². The molecule has 104 valence electrons. The zero-order chi connectivity index (χ0) is 13.2. The summed E-state index contributed by atoms with van der Waals surface area (Å²) in [7, 11) is 0. The maximum Gasteiger partial charge on any atom is 0.0951 e. The standard InChI is InChI=1S/C15H23N3O/c1-12(2)17-9-14-5-6-15(10-17)18(14)19-11-13-4-3-7-16-8-13/h3-4,7-8,12,14-15H,5-6,9-11H2,1-2H3/t14-,15+. The third-order valence-corrected chi connectivity index (χ3v) is 4.28. The lowest BCUT2D eigenvalue weighted by Crippen LogP contribution is -2.55. The summed E-state index contributed by atoms with van der Waals surface area (Å²) in [5, 5.41) is 2.26. The lowest BCUT2D eigenvalue weighted by Gasteiger charge is -2.41. The lowest BCUT2D eigenvalue weighted by molar-refractivity contribution is -0.224. The van der Waals surface area contributed by atoms with E-state index >= 15 is 0 Å². The Labute approximate surface area is 115 Å². The molecule has 3 rings (SSSR count). The summed E-state index contributed by atoms with van der Waals surface area (Å²) in [6.45, 7) is 7.49. The van der Waals surface area contributed by atoms with Gasteiger partial charge in [-0.15, -0.1) is 0 Å². The third kappa shape index (κ3) is 2.81. The first-order chi connectivity index (χ1) is 9.24. The van der Waals surface area contributed by atoms with Crippen LogP contribution in [0.5, 0.6) is 0 Å². The highest BCUT2D eigenvalue weighted by molar-refractivity contribution is 5.06. The number of fused-ring (bicyclic) bond motifs is 2. The van der Waals surface area contributed by atoms with Crippen LogP contribution in [0.1, 0.15) is 32.3 Å². The normalized spacial score (nSPS) is 28.2. The summed E-state index contributed by atoms with van der Waals surface area (Å²) in [6, 6.07) is 5.81. The molecule has 0 unspecified atom stereocenters. The highest BCUT2D eigenvalue weighted by atomic mass is 16.7. The van der Waals surface area contributed by atoms with E-state index < -0.39 is 0 Å². The van der Waals surface area contributed by atoms with Crippen LogP contribution >= 0.6 is 0 Å². The van der Waals surface area contributed by atoms with E-state index in [1.54, 1.807) is 6.20 Å². The van der Waals surface area contributed by atoms with Gasteiger partial charge in [-0.2, -0.15) is 5.06 Å². The lowest BCUT2D eigenvalue weighted by atomic mass is 10.2. The minimum atomic E-state index is 0.567. The molecule has 2 bridgehead atoms. The van der Waals surface area contributed by atoms with Gasteiger partial charge < -0.3 is 0 Å². The van der Waals surface area contributed by atoms with Crippen molar-refractivity contribution in [1.82, 2.24) is 14.9 Å². The highest BCUT2D eigenvalue weighted by Gasteiger charge is 2.41. The van der Waals surface area contributed by atoms with E-state index in [2.05, 4.69) is 34.9 Å². The van der Waals surface area contributed by atoms with Gasteiger partial charge in [-0.1, -0.05) is 6.07 Å². The van der Waals surface area contributed by atoms with Crippen molar-refractivity contribution in [2.45, 2.75) is 51.4 Å².